The molecule has 0 saturated heterocycles. The molecule has 29 heavy (non-hydrogen) atoms. The minimum atomic E-state index is -0.677. The number of amides is 2. The third-order valence-corrected chi connectivity index (χ3v) is 5.26. The minimum absolute atomic E-state index is 0.288. The first-order valence-electron chi connectivity index (χ1n) is 9.66. The highest BCUT2D eigenvalue weighted by Crippen LogP contribution is 2.24. The molecule has 0 aliphatic carbocycles. The molecule has 0 radical (unpaired) electrons. The SMILES string of the molecule is CC(C)(C)OC(=O)N[C@@H](CCCCCBr)C(=O)Nc1nc(-c2ccccc2)cs1. The molecule has 2 N–H and O–H groups in total. The van der Waals surface area contributed by atoms with E-state index in [9.17, 15) is 9.59 Å². The van der Waals surface area contributed by atoms with Gasteiger partial charge in [0, 0.05) is 16.3 Å². The molecule has 1 aromatic heterocycles. The molecule has 2 rings (SSSR count). The van der Waals surface area contributed by atoms with Gasteiger partial charge in [0.15, 0.2) is 5.13 Å². The highest BCUT2D eigenvalue weighted by atomic mass is 79.9. The maximum Gasteiger partial charge on any atom is 0.408 e. The van der Waals surface area contributed by atoms with Crippen molar-refractivity contribution in [2.24, 2.45) is 0 Å². The van der Waals surface area contributed by atoms with Gasteiger partial charge in [-0.25, -0.2) is 9.78 Å². The molecule has 0 bridgehead atoms. The van der Waals surface area contributed by atoms with Crippen LogP contribution in [0.25, 0.3) is 11.3 Å². The Morgan fingerprint density at radius 2 is 1.90 bits per heavy atom. The van der Waals surface area contributed by atoms with Crippen molar-refractivity contribution in [3.63, 3.8) is 0 Å². The third kappa shape index (κ3) is 8.53. The van der Waals surface area contributed by atoms with Gasteiger partial charge in [0.05, 0.1) is 5.69 Å². The Labute approximate surface area is 184 Å². The molecule has 1 heterocycles. The van der Waals surface area contributed by atoms with E-state index in [-0.39, 0.29) is 5.91 Å². The van der Waals surface area contributed by atoms with Gasteiger partial charge < -0.3 is 15.4 Å². The summed E-state index contributed by atoms with van der Waals surface area (Å²) in [7, 11) is 0. The predicted molar refractivity (Wildman–Crippen MR) is 122 cm³/mol. The van der Waals surface area contributed by atoms with E-state index in [2.05, 4.69) is 31.5 Å². The van der Waals surface area contributed by atoms with Crippen LogP contribution in [0.2, 0.25) is 0 Å². The Morgan fingerprint density at radius 3 is 2.55 bits per heavy atom. The molecular formula is C21H28BrN3O3S. The molecule has 0 fully saturated rings. The Kier molecular flexibility index (Phi) is 9.10. The lowest BCUT2D eigenvalue weighted by Gasteiger charge is -2.23. The molecule has 0 saturated carbocycles. The fraction of sp³-hybridized carbons (Fsp3) is 0.476. The van der Waals surface area contributed by atoms with Crippen LogP contribution in [0.15, 0.2) is 35.7 Å². The lowest BCUT2D eigenvalue weighted by Crippen LogP contribution is -2.45. The van der Waals surface area contributed by atoms with Crippen LogP contribution in [0, 0.1) is 0 Å². The first kappa shape index (κ1) is 23.3. The van der Waals surface area contributed by atoms with Gasteiger partial charge in [0.2, 0.25) is 5.91 Å². The van der Waals surface area contributed by atoms with Crippen molar-refractivity contribution in [1.29, 1.82) is 0 Å². The molecular weight excluding hydrogens is 454 g/mol. The highest BCUT2D eigenvalue weighted by molar-refractivity contribution is 9.09. The van der Waals surface area contributed by atoms with Gasteiger partial charge in [-0.2, -0.15) is 0 Å². The number of unbranched alkanes of at least 4 members (excludes halogenated alkanes) is 2. The maximum absolute atomic E-state index is 12.8. The van der Waals surface area contributed by atoms with E-state index in [1.165, 1.54) is 11.3 Å². The summed E-state index contributed by atoms with van der Waals surface area (Å²) in [6.45, 7) is 5.37. The minimum Gasteiger partial charge on any atom is -0.444 e. The quantitative estimate of drug-likeness (QED) is 0.360. The van der Waals surface area contributed by atoms with E-state index in [1.54, 1.807) is 20.8 Å². The standard InChI is InChI=1S/C21H28BrN3O3S/c1-21(2,3)28-20(27)24-16(12-8-5-9-13-22)18(26)25-19-23-17(14-29-19)15-10-6-4-7-11-15/h4,6-7,10-11,14,16H,5,8-9,12-13H2,1-3H3,(H,24,27)(H,23,25,26)/t16-/m0/s1. The van der Waals surface area contributed by atoms with Gasteiger partial charge in [0.1, 0.15) is 11.6 Å². The van der Waals surface area contributed by atoms with Gasteiger partial charge in [-0.15, -0.1) is 11.3 Å². The molecule has 1 aromatic carbocycles. The van der Waals surface area contributed by atoms with Crippen LogP contribution >= 0.6 is 27.3 Å². The number of nitrogens with zero attached hydrogens (tertiary/aromatic N) is 1. The number of hydrogen-bond donors (Lipinski definition) is 2. The molecule has 0 aliphatic heterocycles. The number of carbonyl (C=O) groups is 2. The van der Waals surface area contributed by atoms with E-state index >= 15 is 0 Å². The van der Waals surface area contributed by atoms with Crippen LogP contribution in [-0.2, 0) is 9.53 Å². The topological polar surface area (TPSA) is 80.3 Å². The average molecular weight is 482 g/mol. The van der Waals surface area contributed by atoms with E-state index in [4.69, 9.17) is 4.74 Å². The van der Waals surface area contributed by atoms with Crippen molar-refractivity contribution in [1.82, 2.24) is 10.3 Å². The normalized spacial score (nSPS) is 12.3. The summed E-state index contributed by atoms with van der Waals surface area (Å²) in [6, 6.07) is 9.10. The van der Waals surface area contributed by atoms with Crippen molar-refractivity contribution in [3.05, 3.63) is 35.7 Å². The van der Waals surface area contributed by atoms with Crippen molar-refractivity contribution >= 4 is 44.4 Å². The largest absolute Gasteiger partial charge is 0.444 e. The first-order valence-corrected chi connectivity index (χ1v) is 11.7. The zero-order valence-corrected chi connectivity index (χ0v) is 19.4. The summed E-state index contributed by atoms with van der Waals surface area (Å²) in [5.41, 5.74) is 1.17. The number of carbonyl (C=O) groups excluding carboxylic acids is 2. The first-order chi connectivity index (χ1) is 13.8. The average Bonchev–Trinajstić information content (AvgIpc) is 3.12. The summed E-state index contributed by atoms with van der Waals surface area (Å²) < 4.78 is 5.31. The smallest absolute Gasteiger partial charge is 0.408 e. The second-order valence-corrected chi connectivity index (χ2v) is 9.28. The number of aromatic nitrogens is 1. The summed E-state index contributed by atoms with van der Waals surface area (Å²) in [6.07, 6.45) is 2.76. The number of alkyl halides is 1. The zero-order valence-electron chi connectivity index (χ0n) is 17.0. The molecule has 0 spiro atoms. The van der Waals surface area contributed by atoms with Crippen molar-refractivity contribution in [3.8, 4) is 11.3 Å². The van der Waals surface area contributed by atoms with Gasteiger partial charge in [-0.1, -0.05) is 59.1 Å². The Hall–Kier alpha value is -1.93. The number of nitrogens with one attached hydrogen (secondary N) is 2. The number of rotatable bonds is 9. The van der Waals surface area contributed by atoms with E-state index < -0.39 is 17.7 Å². The van der Waals surface area contributed by atoms with E-state index in [0.717, 1.165) is 35.8 Å². The molecule has 6 nitrogen and oxygen atoms in total. The molecule has 2 amide bonds. The van der Waals surface area contributed by atoms with Crippen molar-refractivity contribution < 1.29 is 14.3 Å². The van der Waals surface area contributed by atoms with Crippen LogP contribution in [0.4, 0.5) is 9.93 Å². The highest BCUT2D eigenvalue weighted by Gasteiger charge is 2.24. The lowest BCUT2D eigenvalue weighted by molar-refractivity contribution is -0.118. The van der Waals surface area contributed by atoms with Crippen molar-refractivity contribution in [2.45, 2.75) is 58.1 Å². The van der Waals surface area contributed by atoms with Crippen LogP contribution in [0.5, 0.6) is 0 Å². The fourth-order valence-corrected chi connectivity index (χ4v) is 3.72. The van der Waals surface area contributed by atoms with E-state index in [1.807, 2.05) is 35.7 Å². The monoisotopic (exact) mass is 481 g/mol. The second kappa shape index (κ2) is 11.3. The van der Waals surface area contributed by atoms with Crippen molar-refractivity contribution in [2.75, 3.05) is 10.6 Å². The Balaban J connectivity index is 2.01. The second-order valence-electron chi connectivity index (χ2n) is 7.63. The molecule has 1 atom stereocenters. The zero-order chi connectivity index (χ0) is 21.3. The van der Waals surface area contributed by atoms with Crippen LogP contribution in [-0.4, -0.2) is 34.0 Å². The Bertz CT molecular complexity index is 790. The number of benzene rings is 1. The third-order valence-electron chi connectivity index (χ3n) is 3.94. The fourth-order valence-electron chi connectivity index (χ4n) is 2.60. The summed E-state index contributed by atoms with van der Waals surface area (Å²) >= 11 is 4.77. The number of alkyl carbamates (subject to hydrolysis) is 1. The summed E-state index contributed by atoms with van der Waals surface area (Å²) in [5.74, 6) is -0.288. The molecule has 2 aromatic rings. The number of thiazole rings is 1. The number of hydrogen-bond acceptors (Lipinski definition) is 5. The lowest BCUT2D eigenvalue weighted by atomic mass is 10.1. The molecule has 158 valence electrons. The van der Waals surface area contributed by atoms with Gasteiger partial charge >= 0.3 is 6.09 Å². The Morgan fingerprint density at radius 1 is 1.17 bits per heavy atom. The van der Waals surface area contributed by atoms with Gasteiger partial charge in [-0.05, 0) is 33.6 Å². The number of anilines is 1. The van der Waals surface area contributed by atoms with Gasteiger partial charge in [-0.3, -0.25) is 4.79 Å². The van der Waals surface area contributed by atoms with Crippen LogP contribution < -0.4 is 10.6 Å². The molecule has 0 unspecified atom stereocenters. The summed E-state index contributed by atoms with van der Waals surface area (Å²) in [5, 5.41) is 8.86. The van der Waals surface area contributed by atoms with Gasteiger partial charge in [0.25, 0.3) is 0 Å². The predicted octanol–water partition coefficient (Wildman–Crippen LogP) is 5.60. The molecule has 0 aliphatic rings. The van der Waals surface area contributed by atoms with Crippen LogP contribution in [0.3, 0.4) is 0 Å². The van der Waals surface area contributed by atoms with Crippen LogP contribution in [0.1, 0.15) is 46.5 Å². The summed E-state index contributed by atoms with van der Waals surface area (Å²) in [4.78, 5) is 29.5. The number of halogens is 1. The number of ether oxygens (including phenoxy) is 1. The van der Waals surface area contributed by atoms with E-state index in [0.29, 0.717) is 11.6 Å². The molecule has 8 heteroatoms. The maximum atomic E-state index is 12.8.